The predicted molar refractivity (Wildman–Crippen MR) is 141 cm³/mol. The van der Waals surface area contributed by atoms with Crippen LogP contribution in [0.1, 0.15) is 12.5 Å². The van der Waals surface area contributed by atoms with Crippen molar-refractivity contribution in [2.24, 2.45) is 13.0 Å². The molecule has 0 fully saturated rings. The number of aromatic nitrogens is 4. The number of anilines is 2. The maximum Gasteiger partial charge on any atom is 0.332 e. The van der Waals surface area contributed by atoms with Crippen molar-refractivity contribution in [2.75, 3.05) is 18.6 Å². The topological polar surface area (TPSA) is 74.3 Å². The fraction of sp³-hybridized carbons (Fsp3) is 0.250. The van der Waals surface area contributed by atoms with Crippen molar-refractivity contribution in [2.45, 2.75) is 20.0 Å². The van der Waals surface area contributed by atoms with Crippen molar-refractivity contribution < 1.29 is 4.74 Å². The molecular weight excluding hydrogens is 454 g/mol. The summed E-state index contributed by atoms with van der Waals surface area (Å²) in [5.74, 6) is 1.72. The molecule has 5 aromatic rings. The van der Waals surface area contributed by atoms with Crippen LogP contribution in [0.3, 0.4) is 0 Å². The first-order chi connectivity index (χ1) is 17.5. The Balaban J connectivity index is 1.53. The van der Waals surface area contributed by atoms with Crippen LogP contribution in [0.25, 0.3) is 21.9 Å². The number of ether oxygens (including phenoxy) is 1. The molecule has 0 aliphatic carbocycles. The third kappa shape index (κ3) is 3.40. The average Bonchev–Trinajstić information content (AvgIpc) is 3.29. The van der Waals surface area contributed by atoms with E-state index in [4.69, 9.17) is 9.72 Å². The number of hydrogen-bond acceptors (Lipinski definition) is 5. The molecule has 0 saturated carbocycles. The smallest absolute Gasteiger partial charge is 0.332 e. The molecule has 0 N–H and O–H groups in total. The van der Waals surface area contributed by atoms with Crippen molar-refractivity contribution in [3.05, 3.63) is 93.1 Å². The van der Waals surface area contributed by atoms with Gasteiger partial charge >= 0.3 is 5.69 Å². The van der Waals surface area contributed by atoms with Crippen LogP contribution < -0.4 is 20.9 Å². The fourth-order valence-electron chi connectivity index (χ4n) is 5.22. The van der Waals surface area contributed by atoms with Crippen LogP contribution in [-0.2, 0) is 20.1 Å². The van der Waals surface area contributed by atoms with Gasteiger partial charge in [-0.05, 0) is 46.5 Å². The number of imidazole rings is 1. The van der Waals surface area contributed by atoms with Crippen molar-refractivity contribution in [3.63, 3.8) is 0 Å². The summed E-state index contributed by atoms with van der Waals surface area (Å²) in [6.45, 7) is 3.76. The van der Waals surface area contributed by atoms with Crippen LogP contribution in [0, 0.1) is 5.92 Å². The second-order valence-corrected chi connectivity index (χ2v) is 9.48. The molecule has 0 saturated heterocycles. The van der Waals surface area contributed by atoms with Crippen molar-refractivity contribution in [1.29, 1.82) is 0 Å². The van der Waals surface area contributed by atoms with Gasteiger partial charge in [0.25, 0.3) is 5.56 Å². The van der Waals surface area contributed by atoms with Gasteiger partial charge in [0.15, 0.2) is 11.2 Å². The lowest BCUT2D eigenvalue weighted by Crippen LogP contribution is -2.40. The number of hydrogen-bond donors (Lipinski definition) is 0. The first kappa shape index (κ1) is 22.2. The van der Waals surface area contributed by atoms with E-state index in [1.807, 2.05) is 71.3 Å². The molecule has 3 aromatic carbocycles. The Kier molecular flexibility index (Phi) is 5.17. The highest BCUT2D eigenvalue weighted by atomic mass is 16.5. The molecule has 3 heterocycles. The third-order valence-electron chi connectivity index (χ3n) is 7.03. The van der Waals surface area contributed by atoms with Gasteiger partial charge in [0.2, 0.25) is 5.95 Å². The Hall–Kier alpha value is -4.33. The number of fused-ring (bicyclic) bond motifs is 4. The molecule has 0 unspecified atom stereocenters. The zero-order valence-electron chi connectivity index (χ0n) is 20.5. The van der Waals surface area contributed by atoms with E-state index in [-0.39, 0.29) is 23.7 Å². The van der Waals surface area contributed by atoms with E-state index < -0.39 is 0 Å². The standard InChI is InChI=1S/C28H27N5O3/c1-18-15-31(21-11-13-22(36-3)14-12-21)27-29-25-24(32(27)16-18)26(34)33(28(35)30(25)2)17-20-9-6-8-19-7-4-5-10-23(19)20/h4-14,18H,15-17H2,1-3H3/t18-/m1/s1. The molecule has 2 aromatic heterocycles. The second kappa shape index (κ2) is 8.41. The normalized spacial score (nSPS) is 15.4. The molecule has 0 radical (unpaired) electrons. The van der Waals surface area contributed by atoms with Gasteiger partial charge in [0.05, 0.1) is 13.7 Å². The minimum absolute atomic E-state index is 0.195. The van der Waals surface area contributed by atoms with Crippen molar-refractivity contribution >= 4 is 33.6 Å². The van der Waals surface area contributed by atoms with Crippen molar-refractivity contribution in [1.82, 2.24) is 18.7 Å². The Morgan fingerprint density at radius 2 is 1.72 bits per heavy atom. The molecule has 1 aliphatic rings. The first-order valence-electron chi connectivity index (χ1n) is 12.0. The van der Waals surface area contributed by atoms with Crippen LogP contribution in [0.15, 0.2) is 76.3 Å². The zero-order valence-corrected chi connectivity index (χ0v) is 20.5. The summed E-state index contributed by atoms with van der Waals surface area (Å²) >= 11 is 0. The number of nitrogens with zero attached hydrogens (tertiary/aromatic N) is 5. The van der Waals surface area contributed by atoms with Gasteiger partial charge in [-0.15, -0.1) is 0 Å². The largest absolute Gasteiger partial charge is 0.497 e. The minimum atomic E-state index is -0.375. The summed E-state index contributed by atoms with van der Waals surface area (Å²) in [7, 11) is 3.32. The number of methoxy groups -OCH3 is 1. The van der Waals surface area contributed by atoms with E-state index in [9.17, 15) is 9.59 Å². The first-order valence-corrected chi connectivity index (χ1v) is 12.0. The lowest BCUT2D eigenvalue weighted by atomic mass is 10.0. The molecule has 8 heteroatoms. The molecule has 36 heavy (non-hydrogen) atoms. The molecule has 8 nitrogen and oxygen atoms in total. The lowest BCUT2D eigenvalue weighted by molar-refractivity contribution is 0.414. The molecule has 6 rings (SSSR count). The Bertz CT molecular complexity index is 1720. The number of benzene rings is 3. The average molecular weight is 482 g/mol. The van der Waals surface area contributed by atoms with Gasteiger partial charge in [0.1, 0.15) is 5.75 Å². The molecule has 0 bridgehead atoms. The van der Waals surface area contributed by atoms with E-state index in [1.165, 1.54) is 9.13 Å². The summed E-state index contributed by atoms with van der Waals surface area (Å²) in [6, 6.07) is 21.8. The van der Waals surface area contributed by atoms with Crippen LogP contribution >= 0.6 is 0 Å². The number of rotatable bonds is 4. The highest BCUT2D eigenvalue weighted by Gasteiger charge is 2.30. The van der Waals surface area contributed by atoms with E-state index in [0.29, 0.717) is 23.7 Å². The maximum atomic E-state index is 13.9. The Labute approximate surface area is 207 Å². The molecule has 182 valence electrons. The van der Waals surface area contributed by atoms with Gasteiger partial charge in [-0.25, -0.2) is 4.79 Å². The van der Waals surface area contributed by atoms with E-state index >= 15 is 0 Å². The van der Waals surface area contributed by atoms with Gasteiger partial charge in [-0.3, -0.25) is 13.9 Å². The summed E-state index contributed by atoms with van der Waals surface area (Å²) in [5.41, 5.74) is 2.06. The van der Waals surface area contributed by atoms with Crippen LogP contribution in [0.4, 0.5) is 11.6 Å². The van der Waals surface area contributed by atoms with E-state index in [2.05, 4.69) is 11.8 Å². The highest BCUT2D eigenvalue weighted by Crippen LogP contribution is 2.33. The van der Waals surface area contributed by atoms with Gasteiger partial charge < -0.3 is 14.2 Å². The van der Waals surface area contributed by atoms with Gasteiger partial charge in [-0.1, -0.05) is 49.4 Å². The maximum absolute atomic E-state index is 13.9. The summed E-state index contributed by atoms with van der Waals surface area (Å²) in [6.07, 6.45) is 0. The van der Waals surface area contributed by atoms with E-state index in [0.717, 1.165) is 34.3 Å². The molecule has 1 aliphatic heterocycles. The fourth-order valence-corrected chi connectivity index (χ4v) is 5.22. The summed E-state index contributed by atoms with van der Waals surface area (Å²) < 4.78 is 10.1. The molecular formula is C28H27N5O3. The van der Waals surface area contributed by atoms with Crippen LogP contribution in [0.2, 0.25) is 0 Å². The predicted octanol–water partition coefficient (Wildman–Crippen LogP) is 3.89. The minimum Gasteiger partial charge on any atom is -0.497 e. The van der Waals surface area contributed by atoms with Crippen molar-refractivity contribution in [3.8, 4) is 5.75 Å². The SMILES string of the molecule is COc1ccc(N2C[C@@H](C)Cn3c2nc2c3c(=O)n(Cc3cccc4ccccc34)c(=O)n2C)cc1. The summed E-state index contributed by atoms with van der Waals surface area (Å²) in [5, 5.41) is 2.11. The zero-order chi connectivity index (χ0) is 25.0. The van der Waals surface area contributed by atoms with Gasteiger partial charge in [0, 0.05) is 25.8 Å². The molecule has 0 amide bonds. The monoisotopic (exact) mass is 481 g/mol. The van der Waals surface area contributed by atoms with E-state index in [1.54, 1.807) is 14.2 Å². The Morgan fingerprint density at radius 1 is 0.972 bits per heavy atom. The van der Waals surface area contributed by atoms with Crippen LogP contribution in [0.5, 0.6) is 5.75 Å². The molecule has 0 spiro atoms. The highest BCUT2D eigenvalue weighted by molar-refractivity contribution is 5.85. The second-order valence-electron chi connectivity index (χ2n) is 9.48. The Morgan fingerprint density at radius 3 is 2.50 bits per heavy atom. The summed E-state index contributed by atoms with van der Waals surface area (Å²) in [4.78, 5) is 34.2. The van der Waals surface area contributed by atoms with Crippen LogP contribution in [-0.4, -0.2) is 32.3 Å². The molecule has 1 atom stereocenters. The van der Waals surface area contributed by atoms with Gasteiger partial charge in [-0.2, -0.15) is 4.98 Å². The lowest BCUT2D eigenvalue weighted by Gasteiger charge is -2.33. The number of aryl methyl sites for hydroxylation is 1. The third-order valence-corrected chi connectivity index (χ3v) is 7.03. The quantitative estimate of drug-likeness (QED) is 0.389.